The Hall–Kier alpha value is -4.61. The van der Waals surface area contributed by atoms with E-state index in [4.69, 9.17) is 16.2 Å². The van der Waals surface area contributed by atoms with Gasteiger partial charge in [-0.05, 0) is 46.9 Å². The monoisotopic (exact) mass is 533 g/mol. The van der Waals surface area contributed by atoms with Gasteiger partial charge in [0, 0.05) is 22.9 Å². The number of carboxylic acid groups (broad SMARTS) is 1. The zero-order chi connectivity index (χ0) is 28.9. The maximum absolute atomic E-state index is 13.3. The molecule has 0 bridgehead atoms. The lowest BCUT2D eigenvalue weighted by molar-refractivity contribution is -0.111. The highest BCUT2D eigenvalue weighted by atomic mass is 16.5. The van der Waals surface area contributed by atoms with Crippen LogP contribution in [0.1, 0.15) is 63.7 Å². The van der Waals surface area contributed by atoms with Gasteiger partial charge >= 0.3 is 5.97 Å². The molecule has 0 fully saturated rings. The Balaban J connectivity index is 2.02. The summed E-state index contributed by atoms with van der Waals surface area (Å²) >= 11 is 0. The van der Waals surface area contributed by atoms with E-state index >= 15 is 0 Å². The molecular weight excluding hydrogens is 502 g/mol. The van der Waals surface area contributed by atoms with Crippen LogP contribution in [0.4, 0.5) is 5.69 Å². The molecule has 0 saturated carbocycles. The molecule has 0 spiro atoms. The number of nitrogens with one attached hydrogen (secondary N) is 2. The molecule has 11 heteroatoms. The van der Waals surface area contributed by atoms with Crippen LogP contribution in [0.2, 0.25) is 0 Å². The maximum atomic E-state index is 13.3. The summed E-state index contributed by atoms with van der Waals surface area (Å²) in [7, 11) is 1.39. The first-order chi connectivity index (χ1) is 18.3. The first-order valence-corrected chi connectivity index (χ1v) is 12.0. The Morgan fingerprint density at radius 1 is 0.974 bits per heavy atom. The highest BCUT2D eigenvalue weighted by molar-refractivity contribution is 6.10. The van der Waals surface area contributed by atoms with Crippen molar-refractivity contribution in [3.05, 3.63) is 77.0 Å². The van der Waals surface area contributed by atoms with Crippen LogP contribution in [0.15, 0.2) is 54.6 Å². The number of amides is 2. The first kappa shape index (κ1) is 29.0. The number of aldehydes is 1. The van der Waals surface area contributed by atoms with E-state index in [-0.39, 0.29) is 33.8 Å². The third-order valence-electron chi connectivity index (χ3n) is 6.01. The van der Waals surface area contributed by atoms with E-state index in [0.29, 0.717) is 17.5 Å². The molecule has 3 rings (SSSR count). The SMILES string of the molecule is COc1ccc(-c2ccc(C(=O)N[C@H](C=O)C(C)(C)C)cc2C(=O)O)c(C(=O)Nc2ccc(C(N)N)cc2)n1. The number of carbonyl (C=O) groups is 4. The number of rotatable bonds is 9. The second-order valence-corrected chi connectivity index (χ2v) is 9.87. The molecule has 0 aliphatic rings. The van der Waals surface area contributed by atoms with Gasteiger partial charge in [0.15, 0.2) is 0 Å². The number of ether oxygens (including phenoxy) is 1. The van der Waals surface area contributed by atoms with E-state index in [9.17, 15) is 24.3 Å². The highest BCUT2D eigenvalue weighted by Crippen LogP contribution is 2.30. The number of aromatic carboxylic acids is 1. The summed E-state index contributed by atoms with van der Waals surface area (Å²) in [4.78, 5) is 54.1. The average molecular weight is 534 g/mol. The van der Waals surface area contributed by atoms with E-state index < -0.39 is 35.4 Å². The van der Waals surface area contributed by atoms with Gasteiger partial charge in [-0.1, -0.05) is 39.0 Å². The number of nitrogens with zero attached hydrogens (tertiary/aromatic N) is 1. The van der Waals surface area contributed by atoms with E-state index in [1.807, 2.05) is 0 Å². The fraction of sp³-hybridized carbons (Fsp3) is 0.250. The lowest BCUT2D eigenvalue weighted by Gasteiger charge is -2.26. The minimum absolute atomic E-state index is 0.0397. The summed E-state index contributed by atoms with van der Waals surface area (Å²) < 4.78 is 5.17. The summed E-state index contributed by atoms with van der Waals surface area (Å²) in [6.45, 7) is 5.38. The molecular formula is C28H31N5O6. The van der Waals surface area contributed by atoms with Crippen molar-refractivity contribution in [3.63, 3.8) is 0 Å². The van der Waals surface area contributed by atoms with Crippen LogP contribution in [0.5, 0.6) is 5.88 Å². The summed E-state index contributed by atoms with van der Waals surface area (Å²) in [6, 6.07) is 12.8. The Bertz CT molecular complexity index is 1400. The quantitative estimate of drug-likeness (QED) is 0.203. The summed E-state index contributed by atoms with van der Waals surface area (Å²) in [5.41, 5.74) is 12.0. The van der Waals surface area contributed by atoms with Gasteiger partial charge in [0.05, 0.1) is 24.9 Å². The predicted molar refractivity (Wildman–Crippen MR) is 145 cm³/mol. The van der Waals surface area contributed by atoms with Crippen molar-refractivity contribution < 1.29 is 29.0 Å². The van der Waals surface area contributed by atoms with Crippen LogP contribution >= 0.6 is 0 Å². The predicted octanol–water partition coefficient (Wildman–Crippen LogP) is 2.97. The molecule has 2 aromatic carbocycles. The number of nitrogens with two attached hydrogens (primary N) is 2. The Kier molecular flexibility index (Phi) is 8.79. The fourth-order valence-electron chi connectivity index (χ4n) is 3.70. The molecule has 0 aliphatic carbocycles. The molecule has 1 atom stereocenters. The highest BCUT2D eigenvalue weighted by Gasteiger charge is 2.27. The molecule has 0 saturated heterocycles. The van der Waals surface area contributed by atoms with E-state index in [1.165, 1.54) is 37.4 Å². The third kappa shape index (κ3) is 6.83. The van der Waals surface area contributed by atoms with Crippen LogP contribution in [0, 0.1) is 5.41 Å². The number of pyridine rings is 1. The van der Waals surface area contributed by atoms with Crippen LogP contribution in [0.25, 0.3) is 11.1 Å². The molecule has 0 aliphatic heterocycles. The van der Waals surface area contributed by atoms with Crippen molar-refractivity contribution >= 4 is 29.8 Å². The van der Waals surface area contributed by atoms with Crippen molar-refractivity contribution in [1.29, 1.82) is 0 Å². The number of hydrogen-bond acceptors (Lipinski definition) is 8. The molecule has 7 N–H and O–H groups in total. The van der Waals surface area contributed by atoms with Crippen molar-refractivity contribution in [2.45, 2.75) is 33.0 Å². The van der Waals surface area contributed by atoms with Gasteiger partial charge < -0.3 is 36.7 Å². The number of benzene rings is 2. The molecule has 39 heavy (non-hydrogen) atoms. The number of aromatic nitrogens is 1. The Labute approximate surface area is 225 Å². The smallest absolute Gasteiger partial charge is 0.336 e. The molecule has 3 aromatic rings. The van der Waals surface area contributed by atoms with Crippen LogP contribution < -0.4 is 26.8 Å². The van der Waals surface area contributed by atoms with Crippen molar-refractivity contribution in [3.8, 4) is 17.0 Å². The number of anilines is 1. The molecule has 204 valence electrons. The summed E-state index contributed by atoms with van der Waals surface area (Å²) in [6.07, 6.45) is -0.0327. The standard InChI is InChI=1S/C28H31N5O6/c1-28(2,3)21(14-34)32-25(35)16-7-10-18(20(13-16)27(37)38)19-11-12-22(39-4)33-23(19)26(36)31-17-8-5-15(6-9-17)24(29)30/h5-14,21,24H,29-30H2,1-4H3,(H,31,36)(H,32,35)(H,37,38)/t21-/m1/s1. The summed E-state index contributed by atoms with van der Waals surface area (Å²) in [5, 5.41) is 15.3. The minimum atomic E-state index is -1.32. The van der Waals surface area contributed by atoms with Crippen LogP contribution in [-0.2, 0) is 4.79 Å². The Morgan fingerprint density at radius 3 is 2.15 bits per heavy atom. The van der Waals surface area contributed by atoms with Crippen molar-refractivity contribution in [2.75, 3.05) is 12.4 Å². The fourth-order valence-corrected chi connectivity index (χ4v) is 3.70. The second-order valence-electron chi connectivity index (χ2n) is 9.87. The minimum Gasteiger partial charge on any atom is -0.481 e. The van der Waals surface area contributed by atoms with Crippen molar-refractivity contribution in [2.24, 2.45) is 16.9 Å². The largest absolute Gasteiger partial charge is 0.481 e. The third-order valence-corrected chi connectivity index (χ3v) is 6.01. The number of methoxy groups -OCH3 is 1. The van der Waals surface area contributed by atoms with Gasteiger partial charge in [-0.15, -0.1) is 0 Å². The number of carboxylic acids is 1. The molecule has 0 radical (unpaired) electrons. The van der Waals surface area contributed by atoms with Crippen LogP contribution in [-0.4, -0.2) is 47.3 Å². The molecule has 2 amide bonds. The number of hydrogen-bond donors (Lipinski definition) is 5. The van der Waals surface area contributed by atoms with E-state index in [0.717, 1.165) is 0 Å². The van der Waals surface area contributed by atoms with E-state index in [2.05, 4.69) is 15.6 Å². The maximum Gasteiger partial charge on any atom is 0.336 e. The average Bonchev–Trinajstić information content (AvgIpc) is 2.90. The van der Waals surface area contributed by atoms with E-state index in [1.54, 1.807) is 45.0 Å². The van der Waals surface area contributed by atoms with Gasteiger partial charge in [-0.3, -0.25) is 9.59 Å². The van der Waals surface area contributed by atoms with Gasteiger partial charge in [0.1, 0.15) is 12.0 Å². The zero-order valence-electron chi connectivity index (χ0n) is 22.0. The molecule has 11 nitrogen and oxygen atoms in total. The first-order valence-electron chi connectivity index (χ1n) is 12.0. The molecule has 1 heterocycles. The Morgan fingerprint density at radius 2 is 1.62 bits per heavy atom. The molecule has 0 unspecified atom stereocenters. The normalized spacial score (nSPS) is 12.0. The van der Waals surface area contributed by atoms with Gasteiger partial charge in [0.25, 0.3) is 11.8 Å². The van der Waals surface area contributed by atoms with Crippen molar-refractivity contribution in [1.82, 2.24) is 10.3 Å². The summed E-state index contributed by atoms with van der Waals surface area (Å²) in [5.74, 6) is -2.41. The zero-order valence-corrected chi connectivity index (χ0v) is 22.0. The lowest BCUT2D eigenvalue weighted by Crippen LogP contribution is -2.44. The second kappa shape index (κ2) is 11.8. The van der Waals surface area contributed by atoms with Crippen LogP contribution in [0.3, 0.4) is 0 Å². The van der Waals surface area contributed by atoms with Gasteiger partial charge in [0.2, 0.25) is 5.88 Å². The van der Waals surface area contributed by atoms with Gasteiger partial charge in [-0.2, -0.15) is 0 Å². The lowest BCUT2D eigenvalue weighted by atomic mass is 9.87. The molecule has 1 aromatic heterocycles. The topological polar surface area (TPSA) is 187 Å². The number of carbonyl (C=O) groups excluding carboxylic acids is 3. The van der Waals surface area contributed by atoms with Gasteiger partial charge in [-0.25, -0.2) is 9.78 Å².